The van der Waals surface area contributed by atoms with Crippen molar-refractivity contribution in [2.24, 2.45) is 0 Å². The molecule has 0 heterocycles. The molecule has 21 heavy (non-hydrogen) atoms. The number of hydrogen-bond donors (Lipinski definition) is 1. The van der Waals surface area contributed by atoms with Crippen LogP contribution >= 0.6 is 11.6 Å². The van der Waals surface area contributed by atoms with Crippen LogP contribution in [0.3, 0.4) is 0 Å². The molecular weight excluding hydrogens is 288 g/mol. The van der Waals surface area contributed by atoms with Gasteiger partial charge in [0.05, 0.1) is 12.5 Å². The number of halogens is 1. The van der Waals surface area contributed by atoms with Crippen LogP contribution in [-0.2, 0) is 4.79 Å². The Labute approximate surface area is 129 Å². The number of aryl methyl sites for hydroxylation is 1. The molecule has 3 nitrogen and oxygen atoms in total. The smallest absolute Gasteiger partial charge is 0.311 e. The molecule has 0 saturated carbocycles. The van der Waals surface area contributed by atoms with Gasteiger partial charge in [0.15, 0.2) is 0 Å². The van der Waals surface area contributed by atoms with Crippen molar-refractivity contribution < 1.29 is 14.6 Å². The lowest BCUT2D eigenvalue weighted by atomic mass is 9.96. The summed E-state index contributed by atoms with van der Waals surface area (Å²) in [6.07, 6.45) is 0.418. The lowest BCUT2D eigenvalue weighted by Gasteiger charge is -2.14. The van der Waals surface area contributed by atoms with E-state index in [4.69, 9.17) is 16.3 Å². The second kappa shape index (κ2) is 7.14. The van der Waals surface area contributed by atoms with Gasteiger partial charge in [0.2, 0.25) is 0 Å². The van der Waals surface area contributed by atoms with Crippen molar-refractivity contribution in [2.45, 2.75) is 19.3 Å². The predicted octanol–water partition coefficient (Wildman–Crippen LogP) is 4.29. The molecule has 110 valence electrons. The Kier molecular flexibility index (Phi) is 5.23. The van der Waals surface area contributed by atoms with Crippen molar-refractivity contribution in [3.8, 4) is 5.75 Å². The zero-order chi connectivity index (χ0) is 15.2. The zero-order valence-electron chi connectivity index (χ0n) is 11.8. The van der Waals surface area contributed by atoms with Crippen LogP contribution in [0.1, 0.15) is 23.5 Å². The number of carboxylic acids is 1. The van der Waals surface area contributed by atoms with E-state index in [-0.39, 0.29) is 0 Å². The number of rotatable bonds is 6. The summed E-state index contributed by atoms with van der Waals surface area (Å²) in [4.78, 5) is 11.4. The van der Waals surface area contributed by atoms with Gasteiger partial charge in [-0.1, -0.05) is 41.9 Å². The van der Waals surface area contributed by atoms with Crippen molar-refractivity contribution in [3.63, 3.8) is 0 Å². The lowest BCUT2D eigenvalue weighted by Crippen LogP contribution is -2.15. The van der Waals surface area contributed by atoms with Gasteiger partial charge in [0.25, 0.3) is 0 Å². The molecule has 1 unspecified atom stereocenters. The molecule has 1 atom stereocenters. The van der Waals surface area contributed by atoms with Gasteiger partial charge in [-0.15, -0.1) is 0 Å². The summed E-state index contributed by atoms with van der Waals surface area (Å²) in [5, 5.41) is 10.0. The number of ether oxygens (including phenoxy) is 1. The summed E-state index contributed by atoms with van der Waals surface area (Å²) in [6.45, 7) is 2.25. The second-order valence-electron chi connectivity index (χ2n) is 4.85. The van der Waals surface area contributed by atoms with Crippen molar-refractivity contribution in [1.82, 2.24) is 0 Å². The highest BCUT2D eigenvalue weighted by molar-refractivity contribution is 6.30. The van der Waals surface area contributed by atoms with Crippen LogP contribution in [0.5, 0.6) is 5.75 Å². The molecule has 1 N–H and O–H groups in total. The minimum Gasteiger partial charge on any atom is -0.493 e. The van der Waals surface area contributed by atoms with Gasteiger partial charge >= 0.3 is 5.97 Å². The molecular formula is C17H17ClO3. The summed E-state index contributed by atoms with van der Waals surface area (Å²) in [6, 6.07) is 14.6. The number of carboxylic acid groups (broad SMARTS) is 1. The predicted molar refractivity (Wildman–Crippen MR) is 83.1 cm³/mol. The fraction of sp³-hybridized carbons (Fsp3) is 0.235. The average molecular weight is 305 g/mol. The quantitative estimate of drug-likeness (QED) is 0.866. The van der Waals surface area contributed by atoms with E-state index in [1.54, 1.807) is 12.1 Å². The summed E-state index contributed by atoms with van der Waals surface area (Å²) in [5.41, 5.74) is 1.73. The van der Waals surface area contributed by atoms with Crippen molar-refractivity contribution in [2.75, 3.05) is 6.61 Å². The largest absolute Gasteiger partial charge is 0.493 e. The maximum absolute atomic E-state index is 11.4. The van der Waals surface area contributed by atoms with Gasteiger partial charge in [-0.05, 0) is 42.7 Å². The maximum Gasteiger partial charge on any atom is 0.311 e. The Balaban J connectivity index is 1.98. The number of carbonyl (C=O) groups is 1. The third kappa shape index (κ3) is 4.23. The van der Waals surface area contributed by atoms with Gasteiger partial charge in [-0.3, -0.25) is 4.79 Å². The molecule has 0 aliphatic rings. The summed E-state index contributed by atoms with van der Waals surface area (Å²) in [7, 11) is 0. The van der Waals surface area contributed by atoms with E-state index >= 15 is 0 Å². The fourth-order valence-corrected chi connectivity index (χ4v) is 2.41. The van der Waals surface area contributed by atoms with E-state index in [2.05, 4.69) is 0 Å². The Morgan fingerprint density at radius 1 is 1.24 bits per heavy atom. The molecule has 4 heteroatoms. The molecule has 0 radical (unpaired) electrons. The van der Waals surface area contributed by atoms with E-state index < -0.39 is 11.9 Å². The van der Waals surface area contributed by atoms with E-state index in [0.717, 1.165) is 16.9 Å². The SMILES string of the molecule is Cc1cc(Cl)ccc1OCCC(C(=O)O)c1ccccc1. The van der Waals surface area contributed by atoms with E-state index in [1.807, 2.05) is 43.3 Å². The lowest BCUT2D eigenvalue weighted by molar-refractivity contribution is -0.139. The minimum absolute atomic E-state index is 0.342. The van der Waals surface area contributed by atoms with Crippen LogP contribution in [-0.4, -0.2) is 17.7 Å². The van der Waals surface area contributed by atoms with Crippen LogP contribution in [0.4, 0.5) is 0 Å². The Bertz CT molecular complexity index is 611. The summed E-state index contributed by atoms with van der Waals surface area (Å²) >= 11 is 5.89. The van der Waals surface area contributed by atoms with Gasteiger partial charge < -0.3 is 9.84 Å². The van der Waals surface area contributed by atoms with E-state index in [1.165, 1.54) is 0 Å². The van der Waals surface area contributed by atoms with Crippen molar-refractivity contribution in [1.29, 1.82) is 0 Å². The average Bonchev–Trinajstić information content (AvgIpc) is 2.46. The third-order valence-corrected chi connectivity index (χ3v) is 3.54. The van der Waals surface area contributed by atoms with E-state index in [9.17, 15) is 9.90 Å². The van der Waals surface area contributed by atoms with Gasteiger partial charge in [0.1, 0.15) is 5.75 Å². The second-order valence-corrected chi connectivity index (χ2v) is 5.28. The summed E-state index contributed by atoms with van der Waals surface area (Å²) in [5.74, 6) is -0.659. The third-order valence-electron chi connectivity index (χ3n) is 3.30. The molecule has 0 aliphatic carbocycles. The van der Waals surface area contributed by atoms with Crippen molar-refractivity contribution in [3.05, 3.63) is 64.7 Å². The Morgan fingerprint density at radius 3 is 2.57 bits per heavy atom. The molecule has 2 aromatic rings. The highest BCUT2D eigenvalue weighted by Gasteiger charge is 2.19. The molecule has 2 rings (SSSR count). The molecule has 2 aromatic carbocycles. The maximum atomic E-state index is 11.4. The van der Waals surface area contributed by atoms with Crippen molar-refractivity contribution >= 4 is 17.6 Å². The van der Waals surface area contributed by atoms with Crippen LogP contribution in [0.15, 0.2) is 48.5 Å². The molecule has 0 aliphatic heterocycles. The monoisotopic (exact) mass is 304 g/mol. The fourth-order valence-electron chi connectivity index (χ4n) is 2.18. The molecule has 0 saturated heterocycles. The van der Waals surface area contributed by atoms with Gasteiger partial charge in [-0.2, -0.15) is 0 Å². The zero-order valence-corrected chi connectivity index (χ0v) is 12.5. The van der Waals surface area contributed by atoms with Crippen LogP contribution in [0.25, 0.3) is 0 Å². The number of benzene rings is 2. The molecule has 0 amide bonds. The normalized spacial score (nSPS) is 11.9. The molecule has 0 bridgehead atoms. The Hall–Kier alpha value is -2.00. The first kappa shape index (κ1) is 15.4. The first-order valence-electron chi connectivity index (χ1n) is 6.74. The topological polar surface area (TPSA) is 46.5 Å². The van der Waals surface area contributed by atoms with Crippen LogP contribution in [0.2, 0.25) is 5.02 Å². The molecule has 0 aromatic heterocycles. The standard InChI is InChI=1S/C17H17ClO3/c1-12-11-14(18)7-8-16(12)21-10-9-15(17(19)20)13-5-3-2-4-6-13/h2-8,11,15H,9-10H2,1H3,(H,19,20). The first-order chi connectivity index (χ1) is 10.1. The van der Waals surface area contributed by atoms with E-state index in [0.29, 0.717) is 18.1 Å². The van der Waals surface area contributed by atoms with Gasteiger partial charge in [0, 0.05) is 5.02 Å². The van der Waals surface area contributed by atoms with Crippen LogP contribution < -0.4 is 4.74 Å². The molecule has 0 spiro atoms. The number of hydrogen-bond acceptors (Lipinski definition) is 2. The first-order valence-corrected chi connectivity index (χ1v) is 7.12. The highest BCUT2D eigenvalue weighted by Crippen LogP contribution is 2.24. The Morgan fingerprint density at radius 2 is 1.95 bits per heavy atom. The minimum atomic E-state index is -0.836. The summed E-state index contributed by atoms with van der Waals surface area (Å²) < 4.78 is 5.67. The highest BCUT2D eigenvalue weighted by atomic mass is 35.5. The number of aliphatic carboxylic acids is 1. The molecule has 0 fully saturated rings. The van der Waals surface area contributed by atoms with Crippen LogP contribution in [0, 0.1) is 6.92 Å². The van der Waals surface area contributed by atoms with Gasteiger partial charge in [-0.25, -0.2) is 0 Å².